The van der Waals surface area contributed by atoms with Gasteiger partial charge in [0.15, 0.2) is 0 Å². The zero-order chi connectivity index (χ0) is 12.7. The summed E-state index contributed by atoms with van der Waals surface area (Å²) in [4.78, 5) is 0. The number of ether oxygens (including phenoxy) is 1. The normalized spacial score (nSPS) is 16.9. The Bertz CT molecular complexity index is 424. The quantitative estimate of drug-likeness (QED) is 0.905. The van der Waals surface area contributed by atoms with Gasteiger partial charge in [0.05, 0.1) is 5.54 Å². The zero-order valence-corrected chi connectivity index (χ0v) is 13.5. The average molecular weight is 335 g/mol. The molecule has 0 unspecified atom stereocenters. The van der Waals surface area contributed by atoms with E-state index in [0.29, 0.717) is 6.61 Å². The second-order valence-corrected chi connectivity index (χ2v) is 6.96. The van der Waals surface area contributed by atoms with Gasteiger partial charge < -0.3 is 10.5 Å². The SMILES string of the molecule is CC(C)(C)c1cc(Br)ccc1OCC1(N)CC1.Cl. The van der Waals surface area contributed by atoms with E-state index in [1.54, 1.807) is 0 Å². The topological polar surface area (TPSA) is 35.2 Å². The van der Waals surface area contributed by atoms with Gasteiger partial charge in [-0.1, -0.05) is 36.7 Å². The fourth-order valence-electron chi connectivity index (χ4n) is 1.74. The summed E-state index contributed by atoms with van der Waals surface area (Å²) in [5, 5.41) is 0. The van der Waals surface area contributed by atoms with Gasteiger partial charge >= 0.3 is 0 Å². The van der Waals surface area contributed by atoms with Crippen molar-refractivity contribution in [2.24, 2.45) is 5.73 Å². The Kier molecular flexibility index (Phi) is 4.74. The molecule has 1 aliphatic rings. The second kappa shape index (κ2) is 5.40. The van der Waals surface area contributed by atoms with Gasteiger partial charge in [-0.05, 0) is 36.5 Å². The van der Waals surface area contributed by atoms with Crippen LogP contribution in [0.4, 0.5) is 0 Å². The lowest BCUT2D eigenvalue weighted by Gasteiger charge is -2.24. The molecule has 2 rings (SSSR count). The smallest absolute Gasteiger partial charge is 0.123 e. The van der Waals surface area contributed by atoms with Gasteiger partial charge in [0.25, 0.3) is 0 Å². The Balaban J connectivity index is 0.00000162. The molecule has 1 fully saturated rings. The molecule has 1 aromatic carbocycles. The van der Waals surface area contributed by atoms with Crippen LogP contribution in [0.3, 0.4) is 0 Å². The van der Waals surface area contributed by atoms with E-state index in [1.165, 1.54) is 5.56 Å². The number of hydrogen-bond acceptors (Lipinski definition) is 2. The van der Waals surface area contributed by atoms with Crippen LogP contribution in [0.25, 0.3) is 0 Å². The van der Waals surface area contributed by atoms with Crippen LogP contribution >= 0.6 is 28.3 Å². The predicted octanol–water partition coefficient (Wildman–Crippen LogP) is 4.04. The van der Waals surface area contributed by atoms with Crippen molar-refractivity contribution in [1.82, 2.24) is 0 Å². The summed E-state index contributed by atoms with van der Waals surface area (Å²) < 4.78 is 6.99. The molecule has 0 spiro atoms. The molecular weight excluding hydrogens is 314 g/mol. The molecule has 0 heterocycles. The monoisotopic (exact) mass is 333 g/mol. The summed E-state index contributed by atoms with van der Waals surface area (Å²) in [7, 11) is 0. The van der Waals surface area contributed by atoms with E-state index in [9.17, 15) is 0 Å². The summed E-state index contributed by atoms with van der Waals surface area (Å²) in [6.45, 7) is 7.20. The van der Waals surface area contributed by atoms with Crippen LogP contribution in [-0.2, 0) is 5.41 Å². The molecule has 0 aromatic heterocycles. The maximum absolute atomic E-state index is 6.05. The summed E-state index contributed by atoms with van der Waals surface area (Å²) in [5.74, 6) is 0.956. The van der Waals surface area contributed by atoms with E-state index in [4.69, 9.17) is 10.5 Å². The first-order valence-electron chi connectivity index (χ1n) is 6.02. The van der Waals surface area contributed by atoms with Crippen LogP contribution in [0, 0.1) is 0 Å². The molecule has 4 heteroatoms. The lowest BCUT2D eigenvalue weighted by atomic mass is 9.86. The van der Waals surface area contributed by atoms with Crippen LogP contribution in [0.1, 0.15) is 39.2 Å². The molecule has 0 saturated heterocycles. The Morgan fingerprint density at radius 2 is 1.94 bits per heavy atom. The number of benzene rings is 1. The highest BCUT2D eigenvalue weighted by atomic mass is 79.9. The van der Waals surface area contributed by atoms with Crippen LogP contribution in [0.15, 0.2) is 22.7 Å². The maximum Gasteiger partial charge on any atom is 0.123 e. The number of hydrogen-bond donors (Lipinski definition) is 1. The second-order valence-electron chi connectivity index (χ2n) is 6.04. The van der Waals surface area contributed by atoms with Crippen LogP contribution in [0.5, 0.6) is 5.75 Å². The molecule has 0 amide bonds. The van der Waals surface area contributed by atoms with Gasteiger partial charge in [0.1, 0.15) is 12.4 Å². The molecule has 0 radical (unpaired) electrons. The van der Waals surface area contributed by atoms with Crippen LogP contribution < -0.4 is 10.5 Å². The highest BCUT2D eigenvalue weighted by Gasteiger charge is 2.39. The maximum atomic E-state index is 6.05. The third-order valence-corrected chi connectivity index (χ3v) is 3.65. The summed E-state index contributed by atoms with van der Waals surface area (Å²) in [6.07, 6.45) is 2.16. The Labute approximate surface area is 124 Å². The van der Waals surface area contributed by atoms with Gasteiger partial charge in [0.2, 0.25) is 0 Å². The van der Waals surface area contributed by atoms with Gasteiger partial charge in [-0.2, -0.15) is 0 Å². The largest absolute Gasteiger partial charge is 0.491 e. The highest BCUT2D eigenvalue weighted by Crippen LogP contribution is 2.36. The Morgan fingerprint density at radius 1 is 1.33 bits per heavy atom. The molecule has 1 aromatic rings. The molecule has 2 nitrogen and oxygen atoms in total. The van der Waals surface area contributed by atoms with Crippen LogP contribution in [-0.4, -0.2) is 12.1 Å². The number of rotatable bonds is 3. The fourth-order valence-corrected chi connectivity index (χ4v) is 2.10. The minimum Gasteiger partial charge on any atom is -0.491 e. The predicted molar refractivity (Wildman–Crippen MR) is 81.7 cm³/mol. The molecule has 2 N–H and O–H groups in total. The van der Waals surface area contributed by atoms with Gasteiger partial charge in [-0.15, -0.1) is 12.4 Å². The molecule has 1 aliphatic carbocycles. The first-order chi connectivity index (χ1) is 7.80. The molecule has 0 bridgehead atoms. The Morgan fingerprint density at radius 3 is 2.44 bits per heavy atom. The lowest BCUT2D eigenvalue weighted by Crippen LogP contribution is -2.30. The number of halogens is 2. The third kappa shape index (κ3) is 3.87. The van der Waals surface area contributed by atoms with E-state index in [0.717, 1.165) is 23.1 Å². The third-order valence-electron chi connectivity index (χ3n) is 3.16. The van der Waals surface area contributed by atoms with Crippen molar-refractivity contribution in [2.45, 2.75) is 44.6 Å². The first-order valence-corrected chi connectivity index (χ1v) is 6.81. The van der Waals surface area contributed by atoms with Gasteiger partial charge in [-0.25, -0.2) is 0 Å². The molecule has 0 atom stereocenters. The molecule has 102 valence electrons. The summed E-state index contributed by atoms with van der Waals surface area (Å²) in [6, 6.07) is 6.17. The van der Waals surface area contributed by atoms with E-state index in [1.807, 2.05) is 12.1 Å². The lowest BCUT2D eigenvalue weighted by molar-refractivity contribution is 0.273. The molecular formula is C14H21BrClNO. The minimum atomic E-state index is -0.0672. The summed E-state index contributed by atoms with van der Waals surface area (Å²) >= 11 is 3.51. The standard InChI is InChI=1S/C14H20BrNO.ClH/c1-13(2,3)11-8-10(15)4-5-12(11)17-9-14(16)6-7-14;/h4-5,8H,6-7,9,16H2,1-3H3;1H. The van der Waals surface area contributed by atoms with Crippen molar-refractivity contribution in [1.29, 1.82) is 0 Å². The van der Waals surface area contributed by atoms with Crippen molar-refractivity contribution in [3.05, 3.63) is 28.2 Å². The molecule has 1 saturated carbocycles. The van der Waals surface area contributed by atoms with E-state index in [2.05, 4.69) is 42.8 Å². The molecule has 0 aliphatic heterocycles. The van der Waals surface area contributed by atoms with Gasteiger partial charge in [0, 0.05) is 10.0 Å². The fraction of sp³-hybridized carbons (Fsp3) is 0.571. The van der Waals surface area contributed by atoms with Crippen molar-refractivity contribution in [3.8, 4) is 5.75 Å². The van der Waals surface area contributed by atoms with Crippen molar-refractivity contribution in [3.63, 3.8) is 0 Å². The van der Waals surface area contributed by atoms with Crippen molar-refractivity contribution < 1.29 is 4.74 Å². The minimum absolute atomic E-state index is 0. The highest BCUT2D eigenvalue weighted by molar-refractivity contribution is 9.10. The number of nitrogens with two attached hydrogens (primary N) is 1. The zero-order valence-electron chi connectivity index (χ0n) is 11.1. The van der Waals surface area contributed by atoms with Crippen molar-refractivity contribution >= 4 is 28.3 Å². The van der Waals surface area contributed by atoms with E-state index in [-0.39, 0.29) is 23.4 Å². The summed E-state index contributed by atoms with van der Waals surface area (Å²) in [5.41, 5.74) is 7.27. The van der Waals surface area contributed by atoms with Crippen molar-refractivity contribution in [2.75, 3.05) is 6.61 Å². The van der Waals surface area contributed by atoms with E-state index >= 15 is 0 Å². The Hall–Kier alpha value is -0.250. The molecule has 18 heavy (non-hydrogen) atoms. The first kappa shape index (κ1) is 15.8. The van der Waals surface area contributed by atoms with Crippen LogP contribution in [0.2, 0.25) is 0 Å². The average Bonchev–Trinajstić information content (AvgIpc) is 2.94. The van der Waals surface area contributed by atoms with E-state index < -0.39 is 0 Å². The van der Waals surface area contributed by atoms with Gasteiger partial charge in [-0.3, -0.25) is 0 Å².